The van der Waals surface area contributed by atoms with E-state index in [1.807, 2.05) is 72.8 Å². The molecule has 0 saturated heterocycles. The maximum atomic E-state index is 5.34. The minimum Gasteiger partial charge on any atom is -0.309 e. The highest BCUT2D eigenvalue weighted by atomic mass is 15.1. The maximum absolute atomic E-state index is 5.34. The molecule has 8 heteroatoms. The van der Waals surface area contributed by atoms with Crippen LogP contribution >= 0.6 is 0 Å². The minimum absolute atomic E-state index is 0.561. The van der Waals surface area contributed by atoms with Gasteiger partial charge in [0.25, 0.3) is 0 Å². The topological polar surface area (TPSA) is 87.2 Å². The summed E-state index contributed by atoms with van der Waals surface area (Å²) in [6, 6.07) is 112. The fraction of sp³-hybridized carbons (Fsp3) is 0.0233. The highest BCUT2D eigenvalue weighted by Gasteiger charge is 2.22. The molecule has 0 unspecified atom stereocenters. The summed E-state index contributed by atoms with van der Waals surface area (Å²) in [5.74, 6) is 3.49. The highest BCUT2D eigenvalue weighted by molar-refractivity contribution is 6.12. The predicted molar refractivity (Wildman–Crippen MR) is 386 cm³/mol. The van der Waals surface area contributed by atoms with Gasteiger partial charge in [-0.05, 0) is 148 Å². The lowest BCUT2D eigenvalue weighted by molar-refractivity contribution is 1.07. The first-order valence-corrected chi connectivity index (χ1v) is 31.7. The molecular weight excluding hydrogens is 1150 g/mol. The van der Waals surface area contributed by atoms with Crippen molar-refractivity contribution in [3.63, 3.8) is 0 Å². The summed E-state index contributed by atoms with van der Waals surface area (Å²) in [4.78, 5) is 31.6. The van der Waals surface area contributed by atoms with Gasteiger partial charge in [0, 0.05) is 66.3 Å². The third kappa shape index (κ3) is 10.2. The van der Waals surface area contributed by atoms with Gasteiger partial charge in [-0.1, -0.05) is 237 Å². The fourth-order valence-electron chi connectivity index (χ4n) is 13.5. The molecule has 0 bridgehead atoms. The number of aromatic nitrogens is 8. The van der Waals surface area contributed by atoms with Crippen molar-refractivity contribution in [3.05, 3.63) is 327 Å². The molecule has 0 fully saturated rings. The van der Waals surface area contributed by atoms with Gasteiger partial charge >= 0.3 is 0 Å². The van der Waals surface area contributed by atoms with E-state index in [0.717, 1.165) is 99.8 Å². The summed E-state index contributed by atoms with van der Waals surface area (Å²) in [6.07, 6.45) is 0. The Balaban J connectivity index is 0.895. The third-order valence-electron chi connectivity index (χ3n) is 18.1. The number of rotatable bonds is 12. The quantitative estimate of drug-likeness (QED) is 0.121. The SMILES string of the molecule is Cc1ccccc1-c1ccc2c(c1)c1ccccc1n2-c1cc(-c2cccc(-c3cc(-c4nc(-c5ccccc5)nc(-c5ccccc5)n4)cc(-n4c5ccccc5c5cc(-c6ccccc6C)ccc54)c3)c2)cc(-c2nc(-c3ccccc3)nc(-c3ccccc3)n2)c1. The van der Waals surface area contributed by atoms with Gasteiger partial charge in [0.15, 0.2) is 34.9 Å². The minimum atomic E-state index is 0.561. The van der Waals surface area contributed by atoms with E-state index in [4.69, 9.17) is 29.9 Å². The molecule has 0 atom stereocenters. The number of hydrogen-bond acceptors (Lipinski definition) is 6. The van der Waals surface area contributed by atoms with Gasteiger partial charge in [-0.3, -0.25) is 0 Å². The summed E-state index contributed by atoms with van der Waals surface area (Å²) < 4.78 is 4.79. The second kappa shape index (κ2) is 23.4. The normalized spacial score (nSPS) is 11.5. The van der Waals surface area contributed by atoms with Crippen LogP contribution in [0.4, 0.5) is 0 Å². The standard InChI is InChI=1S/C86H58N8/c1-55-24-15-17-36-71(55)63-42-44-79-75(53-63)73-38-19-21-40-77(73)93(79)69-49-65(47-67(51-69)85-89-81(57-26-7-3-8-27-57)87-82(90-85)58-28-9-4-10-29-58)61-34-23-35-62(46-61)66-48-68(86-91-83(59-30-11-5-12-31-59)88-84(92-86)60-32-13-6-14-33-60)52-70(50-66)94-78-41-22-20-39-74(78)76-54-64(43-45-80(76)94)72-37-18-16-25-56(72)2/h3-54H,1-2H3. The Morgan fingerprint density at radius 3 is 0.851 bits per heavy atom. The Morgan fingerprint density at radius 2 is 0.479 bits per heavy atom. The molecule has 0 aliphatic heterocycles. The van der Waals surface area contributed by atoms with Crippen molar-refractivity contribution in [2.75, 3.05) is 0 Å². The molecule has 4 aromatic heterocycles. The largest absolute Gasteiger partial charge is 0.309 e. The Kier molecular flexibility index (Phi) is 13.8. The van der Waals surface area contributed by atoms with Gasteiger partial charge in [0.05, 0.1) is 22.1 Å². The van der Waals surface area contributed by atoms with Crippen molar-refractivity contribution in [1.29, 1.82) is 0 Å². The van der Waals surface area contributed by atoms with Crippen LogP contribution in [-0.2, 0) is 0 Å². The third-order valence-corrected chi connectivity index (χ3v) is 18.1. The number of hydrogen-bond donors (Lipinski definition) is 0. The van der Waals surface area contributed by atoms with Crippen molar-refractivity contribution in [3.8, 4) is 124 Å². The van der Waals surface area contributed by atoms with Crippen LogP contribution in [0.3, 0.4) is 0 Å². The summed E-state index contributed by atoms with van der Waals surface area (Å²) in [7, 11) is 0. The van der Waals surface area contributed by atoms with E-state index in [1.165, 1.54) is 44.2 Å². The zero-order chi connectivity index (χ0) is 62.6. The Morgan fingerprint density at radius 1 is 0.191 bits per heavy atom. The van der Waals surface area contributed by atoms with Crippen LogP contribution in [0.15, 0.2) is 315 Å². The number of nitrogens with zero attached hydrogens (tertiary/aromatic N) is 8. The van der Waals surface area contributed by atoms with E-state index in [2.05, 4.69) is 266 Å². The van der Waals surface area contributed by atoms with Crippen LogP contribution in [0.5, 0.6) is 0 Å². The van der Waals surface area contributed by atoms with Gasteiger partial charge in [-0.25, -0.2) is 29.9 Å². The summed E-state index contributed by atoms with van der Waals surface area (Å²) >= 11 is 0. The zero-order valence-electron chi connectivity index (χ0n) is 51.6. The van der Waals surface area contributed by atoms with E-state index in [0.29, 0.717) is 34.9 Å². The lowest BCUT2D eigenvalue weighted by atomic mass is 9.95. The zero-order valence-corrected chi connectivity index (χ0v) is 51.6. The second-order valence-electron chi connectivity index (χ2n) is 24.0. The van der Waals surface area contributed by atoms with Crippen LogP contribution in [0, 0.1) is 13.8 Å². The molecule has 0 radical (unpaired) electrons. The lowest BCUT2D eigenvalue weighted by Crippen LogP contribution is -2.02. The molecule has 17 aromatic rings. The van der Waals surface area contributed by atoms with Crippen molar-refractivity contribution in [1.82, 2.24) is 39.0 Å². The number of benzene rings is 13. The molecule has 0 spiro atoms. The number of para-hydroxylation sites is 2. The molecule has 0 amide bonds. The molecule has 4 heterocycles. The monoisotopic (exact) mass is 1200 g/mol. The first-order valence-electron chi connectivity index (χ1n) is 31.7. The molecule has 0 aliphatic rings. The van der Waals surface area contributed by atoms with Gasteiger partial charge in [0.1, 0.15) is 0 Å². The fourth-order valence-corrected chi connectivity index (χ4v) is 13.5. The molecule has 0 N–H and O–H groups in total. The summed E-state index contributed by atoms with van der Waals surface area (Å²) in [6.45, 7) is 4.36. The lowest BCUT2D eigenvalue weighted by Gasteiger charge is -2.16. The average Bonchev–Trinajstić information content (AvgIpc) is 1.58. The Labute approximate surface area is 544 Å². The van der Waals surface area contributed by atoms with Crippen molar-refractivity contribution in [2.45, 2.75) is 13.8 Å². The molecule has 13 aromatic carbocycles. The van der Waals surface area contributed by atoms with E-state index in [9.17, 15) is 0 Å². The van der Waals surface area contributed by atoms with Gasteiger partial charge < -0.3 is 9.13 Å². The van der Waals surface area contributed by atoms with Crippen LogP contribution in [-0.4, -0.2) is 39.0 Å². The Hall–Kier alpha value is -12.5. The van der Waals surface area contributed by atoms with E-state index < -0.39 is 0 Å². The van der Waals surface area contributed by atoms with Gasteiger partial charge in [-0.15, -0.1) is 0 Å². The van der Waals surface area contributed by atoms with Gasteiger partial charge in [-0.2, -0.15) is 0 Å². The van der Waals surface area contributed by atoms with E-state index >= 15 is 0 Å². The molecule has 442 valence electrons. The first kappa shape index (κ1) is 55.5. The molecular formula is C86H58N8. The Bertz CT molecular complexity index is 5290. The summed E-state index contributed by atoms with van der Waals surface area (Å²) in [5, 5.41) is 4.66. The van der Waals surface area contributed by atoms with Crippen LogP contribution < -0.4 is 0 Å². The van der Waals surface area contributed by atoms with Crippen molar-refractivity contribution in [2.24, 2.45) is 0 Å². The molecule has 0 aliphatic carbocycles. The van der Waals surface area contributed by atoms with Crippen LogP contribution in [0.2, 0.25) is 0 Å². The van der Waals surface area contributed by atoms with Crippen LogP contribution in [0.1, 0.15) is 11.1 Å². The second-order valence-corrected chi connectivity index (χ2v) is 24.0. The first-order chi connectivity index (χ1) is 46.4. The van der Waals surface area contributed by atoms with Gasteiger partial charge in [0.2, 0.25) is 0 Å². The molecule has 8 nitrogen and oxygen atoms in total. The van der Waals surface area contributed by atoms with E-state index in [-0.39, 0.29) is 0 Å². The predicted octanol–water partition coefficient (Wildman–Crippen LogP) is 21.5. The average molecular weight is 1200 g/mol. The maximum Gasteiger partial charge on any atom is 0.164 e. The smallest absolute Gasteiger partial charge is 0.164 e. The molecule has 0 saturated carbocycles. The highest BCUT2D eigenvalue weighted by Crippen LogP contribution is 2.42. The van der Waals surface area contributed by atoms with Crippen molar-refractivity contribution < 1.29 is 0 Å². The molecule has 94 heavy (non-hydrogen) atoms. The van der Waals surface area contributed by atoms with Crippen molar-refractivity contribution >= 4 is 43.6 Å². The van der Waals surface area contributed by atoms with Crippen LogP contribution in [0.25, 0.3) is 168 Å². The molecule has 17 rings (SSSR count). The number of fused-ring (bicyclic) bond motifs is 6. The number of aryl methyl sites for hydroxylation is 2. The van der Waals surface area contributed by atoms with E-state index in [1.54, 1.807) is 0 Å². The summed E-state index contributed by atoms with van der Waals surface area (Å²) in [5.41, 5.74) is 22.8.